The van der Waals surface area contributed by atoms with Crippen molar-refractivity contribution in [1.29, 1.82) is 0 Å². The van der Waals surface area contributed by atoms with Crippen LogP contribution in [0, 0.1) is 5.82 Å². The van der Waals surface area contributed by atoms with E-state index in [9.17, 15) is 18.8 Å². The van der Waals surface area contributed by atoms with Crippen molar-refractivity contribution in [3.63, 3.8) is 0 Å². The maximum absolute atomic E-state index is 13.0. The maximum Gasteiger partial charge on any atom is 0.275 e. The molecule has 0 atom stereocenters. The van der Waals surface area contributed by atoms with Crippen molar-refractivity contribution in [3.8, 4) is 0 Å². The second-order valence-electron chi connectivity index (χ2n) is 8.27. The van der Waals surface area contributed by atoms with Crippen molar-refractivity contribution in [1.82, 2.24) is 15.1 Å². The van der Waals surface area contributed by atoms with Gasteiger partial charge < -0.3 is 20.0 Å². The van der Waals surface area contributed by atoms with Crippen LogP contribution in [0.2, 0.25) is 0 Å². The highest BCUT2D eigenvalue weighted by Crippen LogP contribution is 2.06. The lowest BCUT2D eigenvalue weighted by Gasteiger charge is -2.33. The van der Waals surface area contributed by atoms with Crippen LogP contribution in [0.4, 0.5) is 4.39 Å². The first-order valence-corrected chi connectivity index (χ1v) is 9.48. The van der Waals surface area contributed by atoms with Crippen LogP contribution < -0.4 is 10.2 Å². The van der Waals surface area contributed by atoms with Gasteiger partial charge >= 0.3 is 0 Å². The van der Waals surface area contributed by atoms with Gasteiger partial charge in [0.1, 0.15) is 5.82 Å². The average molecular weight is 393 g/mol. The molecular formula is C20H30FN4O3+. The van der Waals surface area contributed by atoms with Gasteiger partial charge in [0.25, 0.3) is 11.8 Å². The number of halogens is 1. The molecule has 28 heavy (non-hydrogen) atoms. The number of hydrogen-bond acceptors (Lipinski definition) is 3. The van der Waals surface area contributed by atoms with Gasteiger partial charge in [0.05, 0.1) is 32.7 Å². The second kappa shape index (κ2) is 9.14. The zero-order chi connectivity index (χ0) is 20.9. The van der Waals surface area contributed by atoms with Crippen molar-refractivity contribution in [2.24, 2.45) is 0 Å². The lowest BCUT2D eigenvalue weighted by Crippen LogP contribution is -3.16. The number of rotatable bonds is 5. The van der Waals surface area contributed by atoms with E-state index in [0.717, 1.165) is 4.90 Å². The molecule has 3 amide bonds. The molecule has 1 heterocycles. The molecule has 0 radical (unpaired) electrons. The Balaban J connectivity index is 1.79. The number of benzene rings is 1. The van der Waals surface area contributed by atoms with E-state index in [4.69, 9.17) is 0 Å². The van der Waals surface area contributed by atoms with Crippen LogP contribution >= 0.6 is 0 Å². The first kappa shape index (κ1) is 21.8. The second-order valence-corrected chi connectivity index (χ2v) is 8.27. The van der Waals surface area contributed by atoms with Crippen molar-refractivity contribution in [2.45, 2.75) is 26.3 Å². The number of hydrogen-bond donors (Lipinski definition) is 2. The molecule has 0 aliphatic carbocycles. The number of carbonyl (C=O) groups is 3. The van der Waals surface area contributed by atoms with E-state index in [1.807, 2.05) is 20.8 Å². The van der Waals surface area contributed by atoms with Crippen LogP contribution in [0.5, 0.6) is 0 Å². The standard InChI is InChI=1S/C20H29FN4O3/c1-20(2,3)22-17(26)13-24-9-11-25(12-10-24)18(27)14-23(4)19(28)15-5-7-16(21)8-6-15/h5-8H,9-14H2,1-4H3,(H,22,26)/p+1. The maximum atomic E-state index is 13.0. The third-order valence-corrected chi connectivity index (χ3v) is 4.56. The first-order valence-electron chi connectivity index (χ1n) is 9.48. The molecule has 1 aliphatic rings. The first-order chi connectivity index (χ1) is 13.0. The van der Waals surface area contributed by atoms with Crippen LogP contribution in [0.25, 0.3) is 0 Å². The van der Waals surface area contributed by atoms with E-state index in [1.165, 1.54) is 29.2 Å². The number of likely N-dealkylation sites (N-methyl/N-ethyl adjacent to an activating group) is 1. The fourth-order valence-electron chi connectivity index (χ4n) is 3.13. The summed E-state index contributed by atoms with van der Waals surface area (Å²) in [4.78, 5) is 41.1. The predicted octanol–water partition coefficient (Wildman–Crippen LogP) is -0.460. The summed E-state index contributed by atoms with van der Waals surface area (Å²) in [6, 6.07) is 5.26. The lowest BCUT2D eigenvalue weighted by atomic mass is 10.1. The quantitative estimate of drug-likeness (QED) is 0.711. The summed E-state index contributed by atoms with van der Waals surface area (Å²) in [6.07, 6.45) is 0. The topological polar surface area (TPSA) is 74.2 Å². The van der Waals surface area contributed by atoms with Gasteiger partial charge in [-0.2, -0.15) is 0 Å². The van der Waals surface area contributed by atoms with Gasteiger partial charge in [-0.15, -0.1) is 0 Å². The molecule has 0 unspecified atom stereocenters. The smallest absolute Gasteiger partial charge is 0.275 e. The number of amides is 3. The van der Waals surface area contributed by atoms with Gasteiger partial charge in [0, 0.05) is 18.2 Å². The summed E-state index contributed by atoms with van der Waals surface area (Å²) in [7, 11) is 1.56. The van der Waals surface area contributed by atoms with E-state index in [1.54, 1.807) is 11.9 Å². The summed E-state index contributed by atoms with van der Waals surface area (Å²) in [6.45, 7) is 8.68. The van der Waals surface area contributed by atoms with Gasteiger partial charge in [-0.25, -0.2) is 4.39 Å². The Morgan fingerprint density at radius 1 is 1.14 bits per heavy atom. The van der Waals surface area contributed by atoms with E-state index in [0.29, 0.717) is 38.3 Å². The molecule has 1 saturated heterocycles. The summed E-state index contributed by atoms with van der Waals surface area (Å²) >= 11 is 0. The highest BCUT2D eigenvalue weighted by molar-refractivity contribution is 5.96. The van der Waals surface area contributed by atoms with Crippen molar-refractivity contribution >= 4 is 17.7 Å². The highest BCUT2D eigenvalue weighted by Gasteiger charge is 2.27. The summed E-state index contributed by atoms with van der Waals surface area (Å²) in [5.74, 6) is -0.855. The number of nitrogens with one attached hydrogen (secondary N) is 2. The van der Waals surface area contributed by atoms with Crippen LogP contribution in [0.15, 0.2) is 24.3 Å². The lowest BCUT2D eigenvalue weighted by molar-refractivity contribution is -0.896. The van der Waals surface area contributed by atoms with E-state index in [2.05, 4.69) is 5.32 Å². The highest BCUT2D eigenvalue weighted by atomic mass is 19.1. The van der Waals surface area contributed by atoms with Gasteiger partial charge in [0.15, 0.2) is 6.54 Å². The van der Waals surface area contributed by atoms with Crippen LogP contribution in [0.1, 0.15) is 31.1 Å². The minimum atomic E-state index is -0.410. The molecule has 154 valence electrons. The van der Waals surface area contributed by atoms with Gasteiger partial charge in [-0.3, -0.25) is 14.4 Å². The molecular weight excluding hydrogens is 363 g/mol. The molecule has 0 bridgehead atoms. The van der Waals surface area contributed by atoms with Gasteiger partial charge in [0.2, 0.25) is 5.91 Å². The summed E-state index contributed by atoms with van der Waals surface area (Å²) < 4.78 is 13.0. The van der Waals surface area contributed by atoms with Crippen molar-refractivity contribution in [2.75, 3.05) is 46.3 Å². The molecule has 1 aliphatic heterocycles. The Kier molecular flexibility index (Phi) is 7.12. The molecule has 8 heteroatoms. The largest absolute Gasteiger partial charge is 0.347 e. The zero-order valence-corrected chi connectivity index (χ0v) is 17.0. The minimum Gasteiger partial charge on any atom is -0.347 e. The molecule has 2 rings (SSSR count). The molecule has 7 nitrogen and oxygen atoms in total. The zero-order valence-electron chi connectivity index (χ0n) is 17.0. The minimum absolute atomic E-state index is 0.00639. The van der Waals surface area contributed by atoms with Crippen LogP contribution in [-0.2, 0) is 9.59 Å². The molecule has 0 aromatic heterocycles. The molecule has 0 saturated carbocycles. The number of piperazine rings is 1. The molecule has 2 N–H and O–H groups in total. The van der Waals surface area contributed by atoms with Crippen molar-refractivity contribution in [3.05, 3.63) is 35.6 Å². The fraction of sp³-hybridized carbons (Fsp3) is 0.550. The van der Waals surface area contributed by atoms with E-state index in [-0.39, 0.29) is 29.8 Å². The van der Waals surface area contributed by atoms with E-state index < -0.39 is 5.82 Å². The number of carbonyl (C=O) groups excluding carboxylic acids is 3. The molecule has 1 fully saturated rings. The third-order valence-electron chi connectivity index (χ3n) is 4.56. The normalized spacial score (nSPS) is 15.2. The van der Waals surface area contributed by atoms with E-state index >= 15 is 0 Å². The summed E-state index contributed by atoms with van der Waals surface area (Å²) in [5, 5.41) is 2.95. The van der Waals surface area contributed by atoms with Crippen LogP contribution in [-0.4, -0.2) is 79.4 Å². The van der Waals surface area contributed by atoms with Gasteiger partial charge in [-0.1, -0.05) is 0 Å². The Bertz CT molecular complexity index is 707. The number of nitrogens with zero attached hydrogens (tertiary/aromatic N) is 2. The Hall–Kier alpha value is -2.48. The molecule has 0 spiro atoms. The molecule has 1 aromatic carbocycles. The van der Waals surface area contributed by atoms with Gasteiger partial charge in [-0.05, 0) is 45.0 Å². The van der Waals surface area contributed by atoms with Crippen molar-refractivity contribution < 1.29 is 23.7 Å². The summed E-state index contributed by atoms with van der Waals surface area (Å²) in [5.41, 5.74) is 0.0893. The Labute approximate surface area is 165 Å². The number of quaternary nitrogens is 1. The Morgan fingerprint density at radius 2 is 1.71 bits per heavy atom. The predicted molar refractivity (Wildman–Crippen MR) is 103 cm³/mol. The monoisotopic (exact) mass is 393 g/mol. The Morgan fingerprint density at radius 3 is 2.25 bits per heavy atom. The van der Waals surface area contributed by atoms with Crippen LogP contribution in [0.3, 0.4) is 0 Å². The third kappa shape index (κ3) is 6.60. The fourth-order valence-corrected chi connectivity index (χ4v) is 3.13. The molecule has 1 aromatic rings. The SMILES string of the molecule is CN(CC(=O)N1CC[NH+](CC(=O)NC(C)(C)C)CC1)C(=O)c1ccc(F)cc1. The average Bonchev–Trinajstić information content (AvgIpc) is 2.60.